The number of piperidine rings is 1. The number of hydrogen-bond donors (Lipinski definition) is 2. The van der Waals surface area contributed by atoms with E-state index in [4.69, 9.17) is 23.2 Å². The van der Waals surface area contributed by atoms with Gasteiger partial charge < -0.3 is 10.6 Å². The highest BCUT2D eigenvalue weighted by molar-refractivity contribution is 9.10. The van der Waals surface area contributed by atoms with Crippen LogP contribution in [0.1, 0.15) is 19.3 Å². The molecule has 1 atom stereocenters. The zero-order valence-electron chi connectivity index (χ0n) is 10.8. The summed E-state index contributed by atoms with van der Waals surface area (Å²) in [5, 5.41) is 7.06. The van der Waals surface area contributed by atoms with E-state index >= 15 is 0 Å². The number of halogens is 3. The van der Waals surface area contributed by atoms with Crippen molar-refractivity contribution < 1.29 is 4.79 Å². The average Bonchev–Trinajstić information content (AvgIpc) is 3.14. The summed E-state index contributed by atoms with van der Waals surface area (Å²) < 4.78 is 0.725. The van der Waals surface area contributed by atoms with Gasteiger partial charge in [0.15, 0.2) is 0 Å². The van der Waals surface area contributed by atoms with Crippen molar-refractivity contribution in [1.29, 1.82) is 0 Å². The number of anilines is 1. The van der Waals surface area contributed by atoms with Crippen LogP contribution >= 0.6 is 39.1 Å². The molecule has 2 aliphatic rings. The van der Waals surface area contributed by atoms with E-state index in [1.54, 1.807) is 12.1 Å². The second kappa shape index (κ2) is 5.48. The SMILES string of the molecule is O=C(Nc1ccc(Br)c(Cl)c1Cl)C1CC12CCNCC2. The first-order chi connectivity index (χ1) is 9.53. The minimum Gasteiger partial charge on any atom is -0.324 e. The van der Waals surface area contributed by atoms with Gasteiger partial charge in [-0.3, -0.25) is 4.79 Å². The largest absolute Gasteiger partial charge is 0.324 e. The Labute approximate surface area is 136 Å². The summed E-state index contributed by atoms with van der Waals surface area (Å²) in [7, 11) is 0. The van der Waals surface area contributed by atoms with Gasteiger partial charge in [-0.25, -0.2) is 0 Å². The Balaban J connectivity index is 1.70. The number of hydrogen-bond acceptors (Lipinski definition) is 2. The van der Waals surface area contributed by atoms with Crippen molar-refractivity contribution in [3.8, 4) is 0 Å². The summed E-state index contributed by atoms with van der Waals surface area (Å²) in [5.74, 6) is 0.176. The Morgan fingerprint density at radius 1 is 1.30 bits per heavy atom. The van der Waals surface area contributed by atoms with Crippen LogP contribution in [0, 0.1) is 11.3 Å². The molecule has 3 nitrogen and oxygen atoms in total. The lowest BCUT2D eigenvalue weighted by molar-refractivity contribution is -0.118. The third-order valence-electron chi connectivity index (χ3n) is 4.40. The second-order valence-corrected chi connectivity index (χ2v) is 7.19. The van der Waals surface area contributed by atoms with E-state index in [1.165, 1.54) is 0 Å². The fourth-order valence-electron chi connectivity index (χ4n) is 3.04. The maximum atomic E-state index is 12.4. The molecule has 0 radical (unpaired) electrons. The summed E-state index contributed by atoms with van der Waals surface area (Å²) in [6, 6.07) is 3.56. The number of carbonyl (C=O) groups is 1. The molecule has 1 amide bonds. The van der Waals surface area contributed by atoms with Crippen molar-refractivity contribution in [2.45, 2.75) is 19.3 Å². The Morgan fingerprint density at radius 2 is 2.00 bits per heavy atom. The highest BCUT2D eigenvalue weighted by Crippen LogP contribution is 2.58. The molecule has 0 bridgehead atoms. The van der Waals surface area contributed by atoms with Crippen LogP contribution < -0.4 is 10.6 Å². The molecule has 1 saturated heterocycles. The molecule has 1 unspecified atom stereocenters. The second-order valence-electron chi connectivity index (χ2n) is 5.58. The van der Waals surface area contributed by atoms with E-state index in [9.17, 15) is 4.79 Å². The number of rotatable bonds is 2. The molecule has 1 aliphatic heterocycles. The van der Waals surface area contributed by atoms with Gasteiger partial charge in [-0.15, -0.1) is 0 Å². The highest BCUT2D eigenvalue weighted by atomic mass is 79.9. The van der Waals surface area contributed by atoms with Crippen LogP contribution in [0.4, 0.5) is 5.69 Å². The smallest absolute Gasteiger partial charge is 0.228 e. The van der Waals surface area contributed by atoms with Crippen LogP contribution in [0.15, 0.2) is 16.6 Å². The zero-order chi connectivity index (χ0) is 14.3. The zero-order valence-corrected chi connectivity index (χ0v) is 13.9. The lowest BCUT2D eigenvalue weighted by atomic mass is 9.92. The van der Waals surface area contributed by atoms with Gasteiger partial charge in [0.05, 0.1) is 15.7 Å². The van der Waals surface area contributed by atoms with Gasteiger partial charge in [-0.05, 0) is 65.8 Å². The maximum absolute atomic E-state index is 12.4. The summed E-state index contributed by atoms with van der Waals surface area (Å²) >= 11 is 15.5. The molecule has 6 heteroatoms. The van der Waals surface area contributed by atoms with Gasteiger partial charge in [-0.2, -0.15) is 0 Å². The molecule has 1 spiro atoms. The maximum Gasteiger partial charge on any atom is 0.228 e. The average molecular weight is 378 g/mol. The number of nitrogens with one attached hydrogen (secondary N) is 2. The number of amides is 1. The van der Waals surface area contributed by atoms with Crippen molar-refractivity contribution in [3.63, 3.8) is 0 Å². The van der Waals surface area contributed by atoms with Gasteiger partial charge in [0, 0.05) is 10.4 Å². The summed E-state index contributed by atoms with van der Waals surface area (Å²) in [6.07, 6.45) is 3.15. The molecule has 1 aromatic carbocycles. The predicted molar refractivity (Wildman–Crippen MR) is 85.4 cm³/mol. The van der Waals surface area contributed by atoms with Gasteiger partial charge >= 0.3 is 0 Å². The molecule has 3 rings (SSSR count). The van der Waals surface area contributed by atoms with Crippen molar-refractivity contribution >= 4 is 50.7 Å². The van der Waals surface area contributed by atoms with E-state index in [0.29, 0.717) is 15.7 Å². The number of carbonyl (C=O) groups excluding carboxylic acids is 1. The van der Waals surface area contributed by atoms with E-state index in [-0.39, 0.29) is 17.2 Å². The van der Waals surface area contributed by atoms with Crippen LogP contribution in [0.25, 0.3) is 0 Å². The monoisotopic (exact) mass is 376 g/mol. The molecular weight excluding hydrogens is 363 g/mol. The van der Waals surface area contributed by atoms with Crippen LogP contribution in [0.2, 0.25) is 10.0 Å². The van der Waals surface area contributed by atoms with Gasteiger partial charge in [0.25, 0.3) is 0 Å². The van der Waals surface area contributed by atoms with Gasteiger partial charge in [-0.1, -0.05) is 23.2 Å². The molecule has 0 aromatic heterocycles. The minimum absolute atomic E-state index is 0.0622. The summed E-state index contributed by atoms with van der Waals surface area (Å²) in [5.41, 5.74) is 0.807. The van der Waals surface area contributed by atoms with Crippen molar-refractivity contribution in [1.82, 2.24) is 5.32 Å². The van der Waals surface area contributed by atoms with E-state index in [2.05, 4.69) is 26.6 Å². The molecule has 2 N–H and O–H groups in total. The van der Waals surface area contributed by atoms with E-state index < -0.39 is 0 Å². The quantitative estimate of drug-likeness (QED) is 0.762. The molecule has 20 heavy (non-hydrogen) atoms. The summed E-state index contributed by atoms with van der Waals surface area (Å²) in [6.45, 7) is 2.02. The summed E-state index contributed by atoms with van der Waals surface area (Å²) in [4.78, 5) is 12.4. The normalized spacial score (nSPS) is 23.6. The molecule has 1 aromatic rings. The van der Waals surface area contributed by atoms with Crippen LogP contribution in [-0.2, 0) is 4.79 Å². The molecular formula is C14H15BrCl2N2O. The molecule has 108 valence electrons. The topological polar surface area (TPSA) is 41.1 Å². The first-order valence-electron chi connectivity index (χ1n) is 6.69. The first kappa shape index (κ1) is 14.6. The third-order valence-corrected chi connectivity index (χ3v) is 6.17. The lowest BCUT2D eigenvalue weighted by Crippen LogP contribution is -2.31. The van der Waals surface area contributed by atoms with Gasteiger partial charge in [0.2, 0.25) is 5.91 Å². The molecule has 1 aliphatic carbocycles. The Bertz CT molecular complexity index is 558. The highest BCUT2D eigenvalue weighted by Gasteiger charge is 2.57. The fraction of sp³-hybridized carbons (Fsp3) is 0.500. The van der Waals surface area contributed by atoms with Crippen LogP contribution in [0.3, 0.4) is 0 Å². The van der Waals surface area contributed by atoms with E-state index in [0.717, 1.165) is 36.8 Å². The van der Waals surface area contributed by atoms with E-state index in [1.807, 2.05) is 0 Å². The van der Waals surface area contributed by atoms with Crippen molar-refractivity contribution in [3.05, 3.63) is 26.7 Å². The Morgan fingerprint density at radius 3 is 2.70 bits per heavy atom. The molecule has 1 heterocycles. The Kier molecular flexibility index (Phi) is 4.01. The van der Waals surface area contributed by atoms with Crippen molar-refractivity contribution in [2.75, 3.05) is 18.4 Å². The standard InChI is InChI=1S/C14H15BrCl2N2O/c15-9-1-2-10(12(17)11(9)16)19-13(20)8-7-14(8)3-5-18-6-4-14/h1-2,8,18H,3-7H2,(H,19,20). The lowest BCUT2D eigenvalue weighted by Gasteiger charge is -2.23. The predicted octanol–water partition coefficient (Wildman–Crippen LogP) is 4.08. The van der Waals surface area contributed by atoms with Crippen LogP contribution in [-0.4, -0.2) is 19.0 Å². The fourth-order valence-corrected chi connectivity index (χ4v) is 3.86. The first-order valence-corrected chi connectivity index (χ1v) is 8.23. The molecule has 2 fully saturated rings. The Hall–Kier alpha value is -0.290. The van der Waals surface area contributed by atoms with Crippen LogP contribution in [0.5, 0.6) is 0 Å². The van der Waals surface area contributed by atoms with Gasteiger partial charge in [0.1, 0.15) is 0 Å². The molecule has 1 saturated carbocycles. The third kappa shape index (κ3) is 2.59. The van der Waals surface area contributed by atoms with Crippen molar-refractivity contribution in [2.24, 2.45) is 11.3 Å². The minimum atomic E-state index is 0.0622. The number of benzene rings is 1.